The third-order valence-electron chi connectivity index (χ3n) is 1.34. The minimum atomic E-state index is -0.457. The molecule has 0 aliphatic heterocycles. The third kappa shape index (κ3) is 1.52. The van der Waals surface area contributed by atoms with Crippen molar-refractivity contribution in [2.45, 2.75) is 6.92 Å². The highest BCUT2D eigenvalue weighted by Gasteiger charge is 2.09. The largest absolute Gasteiger partial charge is 0.290 e. The zero-order valence-corrected chi connectivity index (χ0v) is 6.07. The molecule has 4 heteroatoms. The molecule has 4 nitrogen and oxygen atoms in total. The maximum Gasteiger partial charge on any atom is 0.290 e. The van der Waals surface area contributed by atoms with E-state index in [2.05, 4.69) is 11.9 Å². The van der Waals surface area contributed by atoms with E-state index in [1.165, 1.54) is 6.20 Å². The fraction of sp³-hybridized carbons (Fsp3) is 0.143. The van der Waals surface area contributed by atoms with Gasteiger partial charge in [0.15, 0.2) is 0 Å². The SMILES string of the molecule is [CH2]c1cc(C)c([N+](=O)[O-])cn1. The normalized spacial score (nSPS) is 9.64. The van der Waals surface area contributed by atoms with Gasteiger partial charge in [0.2, 0.25) is 0 Å². The maximum atomic E-state index is 10.3. The molecule has 0 unspecified atom stereocenters. The van der Waals surface area contributed by atoms with Crippen LogP contribution < -0.4 is 0 Å². The first-order chi connectivity index (χ1) is 5.11. The van der Waals surface area contributed by atoms with E-state index in [4.69, 9.17) is 0 Å². The summed E-state index contributed by atoms with van der Waals surface area (Å²) >= 11 is 0. The molecule has 1 aromatic rings. The highest BCUT2D eigenvalue weighted by atomic mass is 16.6. The lowest BCUT2D eigenvalue weighted by Crippen LogP contribution is -1.93. The second kappa shape index (κ2) is 2.65. The first-order valence-corrected chi connectivity index (χ1v) is 3.04. The molecule has 0 aromatic carbocycles. The molecule has 0 N–H and O–H groups in total. The van der Waals surface area contributed by atoms with Crippen LogP contribution in [0.2, 0.25) is 0 Å². The van der Waals surface area contributed by atoms with Gasteiger partial charge in [0.1, 0.15) is 6.20 Å². The molecule has 11 heavy (non-hydrogen) atoms. The second-order valence-electron chi connectivity index (χ2n) is 2.22. The summed E-state index contributed by atoms with van der Waals surface area (Å²) in [5, 5.41) is 10.3. The molecule has 0 spiro atoms. The van der Waals surface area contributed by atoms with Gasteiger partial charge >= 0.3 is 0 Å². The molecule has 57 valence electrons. The van der Waals surface area contributed by atoms with Crippen LogP contribution in [0.5, 0.6) is 0 Å². The number of hydrogen-bond donors (Lipinski definition) is 0. The Morgan fingerprint density at radius 1 is 1.73 bits per heavy atom. The molecule has 0 fully saturated rings. The summed E-state index contributed by atoms with van der Waals surface area (Å²) in [5.41, 5.74) is 1.18. The number of nitrogens with zero attached hydrogens (tertiary/aromatic N) is 2. The van der Waals surface area contributed by atoms with Crippen molar-refractivity contribution in [2.24, 2.45) is 0 Å². The van der Waals surface area contributed by atoms with Gasteiger partial charge in [-0.25, -0.2) is 0 Å². The molecule has 0 saturated carbocycles. The summed E-state index contributed by atoms with van der Waals surface area (Å²) in [6.45, 7) is 5.21. The zero-order valence-electron chi connectivity index (χ0n) is 6.07. The average molecular weight is 151 g/mol. The predicted octanol–water partition coefficient (Wildman–Crippen LogP) is 1.48. The molecule has 1 rings (SSSR count). The molecule has 0 amide bonds. The van der Waals surface area contributed by atoms with E-state index in [-0.39, 0.29) is 5.69 Å². The smallest absolute Gasteiger partial charge is 0.258 e. The number of aryl methyl sites for hydroxylation is 1. The van der Waals surface area contributed by atoms with Gasteiger partial charge in [0.25, 0.3) is 5.69 Å². The number of nitro groups is 1. The summed E-state index contributed by atoms with van der Waals surface area (Å²) in [7, 11) is 0. The molecule has 0 atom stereocenters. The van der Waals surface area contributed by atoms with Gasteiger partial charge in [-0.15, -0.1) is 0 Å². The van der Waals surface area contributed by atoms with Gasteiger partial charge in [-0.2, -0.15) is 0 Å². The fourth-order valence-corrected chi connectivity index (χ4v) is 0.798. The Hall–Kier alpha value is -1.45. The maximum absolute atomic E-state index is 10.3. The van der Waals surface area contributed by atoms with E-state index >= 15 is 0 Å². The van der Waals surface area contributed by atoms with Crippen LogP contribution in [0.4, 0.5) is 5.69 Å². The van der Waals surface area contributed by atoms with Crippen LogP contribution in [-0.4, -0.2) is 9.91 Å². The number of hydrogen-bond acceptors (Lipinski definition) is 3. The van der Waals surface area contributed by atoms with Crippen molar-refractivity contribution >= 4 is 5.69 Å². The Morgan fingerprint density at radius 2 is 2.36 bits per heavy atom. The van der Waals surface area contributed by atoms with Gasteiger partial charge < -0.3 is 0 Å². The van der Waals surface area contributed by atoms with Gasteiger partial charge in [0.05, 0.1) is 4.92 Å². The minimum absolute atomic E-state index is 0.0393. The van der Waals surface area contributed by atoms with Crippen LogP contribution >= 0.6 is 0 Å². The highest BCUT2D eigenvalue weighted by Crippen LogP contribution is 2.15. The van der Waals surface area contributed by atoms with Crippen LogP contribution in [0.3, 0.4) is 0 Å². The van der Waals surface area contributed by atoms with Crippen molar-refractivity contribution in [3.05, 3.63) is 40.6 Å². The highest BCUT2D eigenvalue weighted by molar-refractivity contribution is 5.37. The molecular formula is C7H7N2O2. The second-order valence-corrected chi connectivity index (χ2v) is 2.22. The van der Waals surface area contributed by atoms with Gasteiger partial charge in [-0.1, -0.05) is 0 Å². The Morgan fingerprint density at radius 3 is 2.82 bits per heavy atom. The number of rotatable bonds is 1. The summed E-state index contributed by atoms with van der Waals surface area (Å²) in [6.07, 6.45) is 1.22. The third-order valence-corrected chi connectivity index (χ3v) is 1.34. The van der Waals surface area contributed by atoms with Crippen molar-refractivity contribution in [3.63, 3.8) is 0 Å². The molecule has 0 bridgehead atoms. The summed E-state index contributed by atoms with van der Waals surface area (Å²) in [5.74, 6) is 0. The summed E-state index contributed by atoms with van der Waals surface area (Å²) < 4.78 is 0. The number of pyridine rings is 1. The molecule has 0 saturated heterocycles. The quantitative estimate of drug-likeness (QED) is 0.451. The lowest BCUT2D eigenvalue weighted by Gasteiger charge is -1.95. The lowest BCUT2D eigenvalue weighted by atomic mass is 10.2. The molecule has 0 aliphatic rings. The topological polar surface area (TPSA) is 56.0 Å². The molecular weight excluding hydrogens is 144 g/mol. The van der Waals surface area contributed by atoms with E-state index in [0.29, 0.717) is 11.3 Å². The minimum Gasteiger partial charge on any atom is -0.258 e. The predicted molar refractivity (Wildman–Crippen MR) is 40.1 cm³/mol. The van der Waals surface area contributed by atoms with Crippen LogP contribution in [0.15, 0.2) is 12.3 Å². The monoisotopic (exact) mass is 151 g/mol. The van der Waals surface area contributed by atoms with Crippen molar-refractivity contribution in [3.8, 4) is 0 Å². The lowest BCUT2D eigenvalue weighted by molar-refractivity contribution is -0.385. The van der Waals surface area contributed by atoms with Crippen molar-refractivity contribution in [2.75, 3.05) is 0 Å². The van der Waals surface area contributed by atoms with E-state index in [1.54, 1.807) is 13.0 Å². The van der Waals surface area contributed by atoms with Crippen LogP contribution in [0, 0.1) is 24.0 Å². The summed E-state index contributed by atoms with van der Waals surface area (Å²) in [4.78, 5) is 13.5. The first-order valence-electron chi connectivity index (χ1n) is 3.04. The van der Waals surface area contributed by atoms with Gasteiger partial charge in [-0.05, 0) is 19.9 Å². The van der Waals surface area contributed by atoms with E-state index in [0.717, 1.165) is 0 Å². The Balaban J connectivity index is 3.20. The van der Waals surface area contributed by atoms with Gasteiger partial charge in [0, 0.05) is 11.3 Å². The Bertz CT molecular complexity index is 296. The van der Waals surface area contributed by atoms with Crippen molar-refractivity contribution in [1.29, 1.82) is 0 Å². The standard InChI is InChI=1S/C7H7N2O2/c1-5-3-6(2)8-4-7(5)9(10)11/h3-4H,2H2,1H3. The van der Waals surface area contributed by atoms with Crippen molar-refractivity contribution < 1.29 is 4.92 Å². The van der Waals surface area contributed by atoms with Crippen LogP contribution in [0.25, 0.3) is 0 Å². The summed E-state index contributed by atoms with van der Waals surface area (Å²) in [6, 6.07) is 1.58. The first kappa shape index (κ1) is 7.65. The van der Waals surface area contributed by atoms with Gasteiger partial charge in [-0.3, -0.25) is 15.1 Å². The zero-order chi connectivity index (χ0) is 8.43. The fourth-order valence-electron chi connectivity index (χ4n) is 0.798. The van der Waals surface area contributed by atoms with Crippen LogP contribution in [-0.2, 0) is 0 Å². The Labute approximate surface area is 64.0 Å². The Kier molecular flexibility index (Phi) is 1.85. The molecule has 1 heterocycles. The van der Waals surface area contributed by atoms with E-state index in [9.17, 15) is 10.1 Å². The van der Waals surface area contributed by atoms with E-state index in [1.807, 2.05) is 0 Å². The van der Waals surface area contributed by atoms with Crippen LogP contribution in [0.1, 0.15) is 11.3 Å². The molecule has 1 radical (unpaired) electrons. The molecule has 0 aliphatic carbocycles. The van der Waals surface area contributed by atoms with Crippen molar-refractivity contribution in [1.82, 2.24) is 4.98 Å². The average Bonchev–Trinajstić information content (AvgIpc) is 1.85. The van der Waals surface area contributed by atoms with E-state index < -0.39 is 4.92 Å². The number of aromatic nitrogens is 1. The molecule has 1 aromatic heterocycles.